The lowest BCUT2D eigenvalue weighted by Gasteiger charge is -2.14. The molecule has 0 bridgehead atoms. The Balaban J connectivity index is 1.72. The van der Waals surface area contributed by atoms with E-state index in [0.29, 0.717) is 5.75 Å². The fourth-order valence-electron chi connectivity index (χ4n) is 2.72. The Kier molecular flexibility index (Phi) is 5.31. The number of carbonyl (C=O) groups is 1. The van der Waals surface area contributed by atoms with Gasteiger partial charge in [-0.25, -0.2) is 0 Å². The van der Waals surface area contributed by atoms with Crippen LogP contribution in [0, 0.1) is 13.8 Å². The Morgan fingerprint density at radius 2 is 1.88 bits per heavy atom. The van der Waals surface area contributed by atoms with Crippen molar-refractivity contribution in [2.75, 3.05) is 11.9 Å². The Morgan fingerprint density at radius 3 is 2.58 bits per heavy atom. The molecule has 1 heterocycles. The van der Waals surface area contributed by atoms with Gasteiger partial charge in [0.2, 0.25) is 0 Å². The largest absolute Gasteiger partial charge is 0.482 e. The van der Waals surface area contributed by atoms with Crippen LogP contribution >= 0.6 is 0 Å². The summed E-state index contributed by atoms with van der Waals surface area (Å²) in [6, 6.07) is 11.8. The van der Waals surface area contributed by atoms with Crippen molar-refractivity contribution in [2.45, 2.75) is 27.2 Å². The van der Waals surface area contributed by atoms with Gasteiger partial charge in [0.1, 0.15) is 18.4 Å². The third kappa shape index (κ3) is 4.08. The SMILES string of the molecule is CCc1ccc(OCC(=O)Nc2ccc(C)cc2C)c(-n2cnnc2)c1. The minimum absolute atomic E-state index is 0.0755. The van der Waals surface area contributed by atoms with Gasteiger partial charge in [-0.2, -0.15) is 0 Å². The minimum Gasteiger partial charge on any atom is -0.482 e. The zero-order valence-corrected chi connectivity index (χ0v) is 15.2. The minimum atomic E-state index is -0.203. The number of aromatic nitrogens is 3. The van der Waals surface area contributed by atoms with E-state index in [1.807, 2.05) is 50.2 Å². The molecule has 0 fully saturated rings. The zero-order valence-electron chi connectivity index (χ0n) is 15.2. The van der Waals surface area contributed by atoms with Gasteiger partial charge >= 0.3 is 0 Å². The molecule has 0 aliphatic rings. The molecular weight excluding hydrogens is 328 g/mol. The molecule has 1 aromatic heterocycles. The molecule has 1 N–H and O–H groups in total. The van der Waals surface area contributed by atoms with E-state index >= 15 is 0 Å². The smallest absolute Gasteiger partial charge is 0.262 e. The summed E-state index contributed by atoms with van der Waals surface area (Å²) in [5.41, 5.74) is 4.96. The molecule has 0 saturated carbocycles. The van der Waals surface area contributed by atoms with Crippen molar-refractivity contribution in [3.63, 3.8) is 0 Å². The number of anilines is 1. The quantitative estimate of drug-likeness (QED) is 0.739. The van der Waals surface area contributed by atoms with Gasteiger partial charge in [0, 0.05) is 5.69 Å². The number of hydrogen-bond donors (Lipinski definition) is 1. The van der Waals surface area contributed by atoms with Crippen molar-refractivity contribution in [1.82, 2.24) is 14.8 Å². The van der Waals surface area contributed by atoms with E-state index in [0.717, 1.165) is 28.9 Å². The summed E-state index contributed by atoms with van der Waals surface area (Å²) in [5, 5.41) is 10.6. The van der Waals surface area contributed by atoms with E-state index in [9.17, 15) is 4.79 Å². The first-order valence-corrected chi connectivity index (χ1v) is 8.54. The van der Waals surface area contributed by atoms with E-state index in [-0.39, 0.29) is 12.5 Å². The summed E-state index contributed by atoms with van der Waals surface area (Å²) in [7, 11) is 0. The van der Waals surface area contributed by atoms with Crippen LogP contribution in [0.3, 0.4) is 0 Å². The van der Waals surface area contributed by atoms with E-state index < -0.39 is 0 Å². The molecule has 0 aliphatic heterocycles. The maximum absolute atomic E-state index is 12.3. The number of nitrogens with zero attached hydrogens (tertiary/aromatic N) is 3. The van der Waals surface area contributed by atoms with Crippen LogP contribution in [-0.4, -0.2) is 27.3 Å². The summed E-state index contributed by atoms with van der Waals surface area (Å²) in [5.74, 6) is 0.406. The highest BCUT2D eigenvalue weighted by Crippen LogP contribution is 2.24. The lowest BCUT2D eigenvalue weighted by atomic mass is 10.1. The number of hydrogen-bond acceptors (Lipinski definition) is 4. The monoisotopic (exact) mass is 350 g/mol. The maximum atomic E-state index is 12.3. The number of carbonyl (C=O) groups excluding carboxylic acids is 1. The van der Waals surface area contributed by atoms with Crippen molar-refractivity contribution in [3.05, 3.63) is 65.7 Å². The predicted octanol–water partition coefficient (Wildman–Crippen LogP) is 3.46. The third-order valence-electron chi connectivity index (χ3n) is 4.14. The number of ether oxygens (including phenoxy) is 1. The zero-order chi connectivity index (χ0) is 18.5. The molecule has 134 valence electrons. The summed E-state index contributed by atoms with van der Waals surface area (Å²) in [4.78, 5) is 12.3. The van der Waals surface area contributed by atoms with Gasteiger partial charge in [-0.3, -0.25) is 9.36 Å². The summed E-state index contributed by atoms with van der Waals surface area (Å²) >= 11 is 0. The molecule has 3 rings (SSSR count). The van der Waals surface area contributed by atoms with Crippen molar-refractivity contribution >= 4 is 11.6 Å². The van der Waals surface area contributed by atoms with Crippen LogP contribution in [0.25, 0.3) is 5.69 Å². The topological polar surface area (TPSA) is 69.0 Å². The van der Waals surface area contributed by atoms with Crippen molar-refractivity contribution in [1.29, 1.82) is 0 Å². The van der Waals surface area contributed by atoms with Crippen LogP contribution in [0.5, 0.6) is 5.75 Å². The molecule has 0 unspecified atom stereocenters. The summed E-state index contributed by atoms with van der Waals surface area (Å²) in [6.07, 6.45) is 4.12. The lowest BCUT2D eigenvalue weighted by Crippen LogP contribution is -2.21. The Labute approximate surface area is 152 Å². The molecule has 0 spiro atoms. The van der Waals surface area contributed by atoms with Crippen LogP contribution in [0.15, 0.2) is 49.1 Å². The number of amides is 1. The van der Waals surface area contributed by atoms with Crippen LogP contribution < -0.4 is 10.1 Å². The number of rotatable bonds is 6. The molecule has 0 saturated heterocycles. The molecule has 0 atom stereocenters. The molecular formula is C20H22N4O2. The van der Waals surface area contributed by atoms with Gasteiger partial charge < -0.3 is 10.1 Å². The van der Waals surface area contributed by atoms with Crippen LogP contribution in [0.1, 0.15) is 23.6 Å². The molecule has 6 heteroatoms. The second-order valence-electron chi connectivity index (χ2n) is 6.18. The Morgan fingerprint density at radius 1 is 1.12 bits per heavy atom. The summed E-state index contributed by atoms with van der Waals surface area (Å²) in [6.45, 7) is 6.00. The van der Waals surface area contributed by atoms with Gasteiger partial charge in [0.15, 0.2) is 6.61 Å². The van der Waals surface area contributed by atoms with Gasteiger partial charge in [-0.05, 0) is 49.6 Å². The van der Waals surface area contributed by atoms with Crippen molar-refractivity contribution < 1.29 is 9.53 Å². The first-order chi connectivity index (χ1) is 12.6. The highest BCUT2D eigenvalue weighted by atomic mass is 16.5. The fraction of sp³-hybridized carbons (Fsp3) is 0.250. The number of aryl methyl sites for hydroxylation is 3. The highest BCUT2D eigenvalue weighted by Gasteiger charge is 2.11. The second kappa shape index (κ2) is 7.82. The standard InChI is InChI=1S/C20H22N4O2/c1-4-16-6-8-19(18(10-16)24-12-21-22-13-24)26-11-20(25)23-17-7-5-14(2)9-15(17)3/h5-10,12-13H,4,11H2,1-3H3,(H,23,25). The third-order valence-corrected chi connectivity index (χ3v) is 4.14. The van der Waals surface area contributed by atoms with E-state index in [2.05, 4.69) is 22.4 Å². The molecule has 0 aliphatic carbocycles. The first kappa shape index (κ1) is 17.7. The average molecular weight is 350 g/mol. The lowest BCUT2D eigenvalue weighted by molar-refractivity contribution is -0.118. The summed E-state index contributed by atoms with van der Waals surface area (Å²) < 4.78 is 7.54. The van der Waals surface area contributed by atoms with Crippen molar-refractivity contribution in [3.8, 4) is 11.4 Å². The Bertz CT molecular complexity index is 904. The van der Waals surface area contributed by atoms with E-state index in [1.54, 1.807) is 17.2 Å². The van der Waals surface area contributed by atoms with Crippen LogP contribution in [0.4, 0.5) is 5.69 Å². The first-order valence-electron chi connectivity index (χ1n) is 8.54. The maximum Gasteiger partial charge on any atom is 0.262 e. The second-order valence-corrected chi connectivity index (χ2v) is 6.18. The number of benzene rings is 2. The van der Waals surface area contributed by atoms with Gasteiger partial charge in [-0.1, -0.05) is 30.7 Å². The van der Waals surface area contributed by atoms with Crippen LogP contribution in [-0.2, 0) is 11.2 Å². The van der Waals surface area contributed by atoms with E-state index in [4.69, 9.17) is 4.74 Å². The van der Waals surface area contributed by atoms with Gasteiger partial charge in [0.05, 0.1) is 5.69 Å². The van der Waals surface area contributed by atoms with E-state index in [1.165, 1.54) is 5.56 Å². The van der Waals surface area contributed by atoms with Gasteiger partial charge in [-0.15, -0.1) is 10.2 Å². The predicted molar refractivity (Wildman–Crippen MR) is 101 cm³/mol. The Hall–Kier alpha value is -3.15. The van der Waals surface area contributed by atoms with Gasteiger partial charge in [0.25, 0.3) is 5.91 Å². The molecule has 6 nitrogen and oxygen atoms in total. The molecule has 0 radical (unpaired) electrons. The normalized spacial score (nSPS) is 10.6. The van der Waals surface area contributed by atoms with Crippen molar-refractivity contribution in [2.24, 2.45) is 0 Å². The number of nitrogens with one attached hydrogen (secondary N) is 1. The average Bonchev–Trinajstić information content (AvgIpc) is 3.17. The highest BCUT2D eigenvalue weighted by molar-refractivity contribution is 5.92. The molecule has 2 aromatic carbocycles. The van der Waals surface area contributed by atoms with Crippen LogP contribution in [0.2, 0.25) is 0 Å². The molecule has 3 aromatic rings. The molecule has 1 amide bonds. The fourth-order valence-corrected chi connectivity index (χ4v) is 2.72. The molecule has 26 heavy (non-hydrogen) atoms.